The van der Waals surface area contributed by atoms with Crippen LogP contribution < -0.4 is 5.32 Å². The molecule has 0 fully saturated rings. The second-order valence-electron chi connectivity index (χ2n) is 4.92. The molecule has 0 heterocycles. The monoisotopic (exact) mass is 337 g/mol. The molecule has 2 rings (SSSR count). The minimum atomic E-state index is -3.40. The van der Waals surface area contributed by atoms with Crippen molar-refractivity contribution in [1.29, 1.82) is 0 Å². The molecule has 0 unspecified atom stereocenters. The summed E-state index contributed by atoms with van der Waals surface area (Å²) in [6.07, 6.45) is 1.10. The molecule has 0 saturated heterocycles. The van der Waals surface area contributed by atoms with Gasteiger partial charge < -0.3 is 10.1 Å². The molecule has 23 heavy (non-hydrogen) atoms. The molecule has 0 spiro atoms. The van der Waals surface area contributed by atoms with Crippen LogP contribution in [-0.2, 0) is 21.1 Å². The molecule has 0 bridgehead atoms. The topological polar surface area (TPSA) is 72.5 Å². The van der Waals surface area contributed by atoms with Gasteiger partial charge in [-0.1, -0.05) is 12.1 Å². The highest BCUT2D eigenvalue weighted by molar-refractivity contribution is 7.90. The average molecular weight is 337 g/mol. The molecule has 0 aliphatic heterocycles. The van der Waals surface area contributed by atoms with Gasteiger partial charge in [0.2, 0.25) is 0 Å². The first kappa shape index (κ1) is 17.0. The third-order valence-electron chi connectivity index (χ3n) is 3.22. The minimum absolute atomic E-state index is 0.0310. The molecule has 2 aromatic carbocycles. The zero-order valence-electron chi connectivity index (χ0n) is 12.7. The highest BCUT2D eigenvalue weighted by Crippen LogP contribution is 2.22. The largest absolute Gasteiger partial charge is 0.465 e. The summed E-state index contributed by atoms with van der Waals surface area (Å²) in [5.74, 6) is -1.07. The fourth-order valence-electron chi connectivity index (χ4n) is 2.08. The molecule has 5 nitrogen and oxygen atoms in total. The van der Waals surface area contributed by atoms with Crippen LogP contribution in [0.1, 0.15) is 15.9 Å². The Balaban J connectivity index is 2.27. The van der Waals surface area contributed by atoms with Crippen LogP contribution in [-0.4, -0.2) is 27.8 Å². The van der Waals surface area contributed by atoms with E-state index in [1.54, 1.807) is 18.2 Å². The van der Waals surface area contributed by atoms with Crippen LogP contribution in [0.15, 0.2) is 47.4 Å². The van der Waals surface area contributed by atoms with Crippen LogP contribution in [0.3, 0.4) is 0 Å². The molecule has 0 aromatic heterocycles. The van der Waals surface area contributed by atoms with Crippen LogP contribution >= 0.6 is 0 Å². The van der Waals surface area contributed by atoms with E-state index in [0.717, 1.165) is 6.26 Å². The molecule has 0 amide bonds. The Kier molecular flexibility index (Phi) is 5.00. The summed E-state index contributed by atoms with van der Waals surface area (Å²) in [6, 6.07) is 10.2. The summed E-state index contributed by atoms with van der Waals surface area (Å²) in [6.45, 7) is 0.0310. The Hall–Kier alpha value is -2.41. The number of hydrogen-bond donors (Lipinski definition) is 1. The lowest BCUT2D eigenvalue weighted by Gasteiger charge is -2.12. The van der Waals surface area contributed by atoms with Crippen molar-refractivity contribution in [3.8, 4) is 0 Å². The van der Waals surface area contributed by atoms with E-state index in [1.165, 1.54) is 31.4 Å². The smallest absolute Gasteiger partial charge is 0.337 e. The quantitative estimate of drug-likeness (QED) is 0.849. The summed E-state index contributed by atoms with van der Waals surface area (Å²) >= 11 is 0. The van der Waals surface area contributed by atoms with E-state index in [2.05, 4.69) is 10.1 Å². The van der Waals surface area contributed by atoms with Crippen molar-refractivity contribution in [1.82, 2.24) is 0 Å². The molecule has 122 valence electrons. The number of ether oxygens (including phenoxy) is 1. The summed E-state index contributed by atoms with van der Waals surface area (Å²) < 4.78 is 41.9. The first-order valence-electron chi connectivity index (χ1n) is 6.72. The third-order valence-corrected chi connectivity index (χ3v) is 4.38. The lowest BCUT2D eigenvalue weighted by Crippen LogP contribution is -2.09. The Labute approximate surface area is 134 Å². The first-order valence-corrected chi connectivity index (χ1v) is 8.62. The zero-order chi connectivity index (χ0) is 17.0. The van der Waals surface area contributed by atoms with Gasteiger partial charge in [-0.25, -0.2) is 17.6 Å². The predicted molar refractivity (Wildman–Crippen MR) is 84.6 cm³/mol. The molecule has 0 aliphatic rings. The second kappa shape index (κ2) is 6.78. The fourth-order valence-corrected chi connectivity index (χ4v) is 2.95. The van der Waals surface area contributed by atoms with Crippen molar-refractivity contribution in [2.75, 3.05) is 18.7 Å². The first-order chi connectivity index (χ1) is 10.8. The number of anilines is 1. The number of hydrogen-bond acceptors (Lipinski definition) is 5. The van der Waals surface area contributed by atoms with Crippen molar-refractivity contribution in [2.45, 2.75) is 11.4 Å². The number of methoxy groups -OCH3 is 1. The van der Waals surface area contributed by atoms with Gasteiger partial charge in [-0.15, -0.1) is 0 Å². The maximum atomic E-state index is 13.9. The van der Waals surface area contributed by atoms with Crippen LogP contribution in [0.5, 0.6) is 0 Å². The zero-order valence-corrected chi connectivity index (χ0v) is 13.5. The molecule has 0 saturated carbocycles. The average Bonchev–Trinajstić information content (AvgIpc) is 2.52. The van der Waals surface area contributed by atoms with Gasteiger partial charge in [0, 0.05) is 18.4 Å². The van der Waals surface area contributed by atoms with Crippen molar-refractivity contribution in [2.24, 2.45) is 0 Å². The SMILES string of the molecule is COC(=O)c1ccc(F)c(CNc2ccccc2S(C)(=O)=O)c1. The Morgan fingerprint density at radius 2 is 1.91 bits per heavy atom. The lowest BCUT2D eigenvalue weighted by atomic mass is 10.1. The van der Waals surface area contributed by atoms with Gasteiger partial charge in [-0.3, -0.25) is 0 Å². The van der Waals surface area contributed by atoms with Gasteiger partial charge in [0.1, 0.15) is 5.82 Å². The number of rotatable bonds is 5. The van der Waals surface area contributed by atoms with E-state index in [1.807, 2.05) is 0 Å². The van der Waals surface area contributed by atoms with Crippen LogP contribution in [0.2, 0.25) is 0 Å². The highest BCUT2D eigenvalue weighted by atomic mass is 32.2. The number of sulfone groups is 1. The van der Waals surface area contributed by atoms with Gasteiger partial charge in [-0.05, 0) is 30.3 Å². The van der Waals surface area contributed by atoms with E-state index in [4.69, 9.17) is 0 Å². The molecular weight excluding hydrogens is 321 g/mol. The summed E-state index contributed by atoms with van der Waals surface area (Å²) in [5.41, 5.74) is 0.830. The Morgan fingerprint density at radius 3 is 2.57 bits per heavy atom. The number of carbonyl (C=O) groups is 1. The summed E-state index contributed by atoms with van der Waals surface area (Å²) in [7, 11) is -2.16. The Bertz CT molecular complexity index is 834. The number of carbonyl (C=O) groups excluding carboxylic acids is 1. The lowest BCUT2D eigenvalue weighted by molar-refractivity contribution is 0.0600. The number of para-hydroxylation sites is 1. The van der Waals surface area contributed by atoms with E-state index >= 15 is 0 Å². The van der Waals surface area contributed by atoms with Crippen molar-refractivity contribution < 1.29 is 22.3 Å². The normalized spacial score (nSPS) is 11.1. The van der Waals surface area contributed by atoms with E-state index in [9.17, 15) is 17.6 Å². The van der Waals surface area contributed by atoms with Gasteiger partial charge >= 0.3 is 5.97 Å². The molecule has 1 N–H and O–H groups in total. The van der Waals surface area contributed by atoms with Crippen LogP contribution in [0.4, 0.5) is 10.1 Å². The number of esters is 1. The van der Waals surface area contributed by atoms with Crippen molar-refractivity contribution in [3.63, 3.8) is 0 Å². The van der Waals surface area contributed by atoms with Crippen LogP contribution in [0, 0.1) is 5.82 Å². The van der Waals surface area contributed by atoms with Gasteiger partial charge in [0.25, 0.3) is 0 Å². The summed E-state index contributed by atoms with van der Waals surface area (Å²) in [4.78, 5) is 11.6. The highest BCUT2D eigenvalue weighted by Gasteiger charge is 2.14. The van der Waals surface area contributed by atoms with E-state index in [0.29, 0.717) is 5.69 Å². The van der Waals surface area contributed by atoms with Crippen LogP contribution in [0.25, 0.3) is 0 Å². The molecule has 0 aliphatic carbocycles. The number of halogens is 1. The molecule has 7 heteroatoms. The molecule has 0 radical (unpaired) electrons. The molecule has 2 aromatic rings. The fraction of sp³-hybridized carbons (Fsp3) is 0.188. The standard InChI is InChI=1S/C16H16FNO4S/c1-22-16(19)11-7-8-13(17)12(9-11)10-18-14-5-3-4-6-15(14)23(2,20)21/h3-9,18H,10H2,1-2H3. The second-order valence-corrected chi connectivity index (χ2v) is 6.90. The third kappa shape index (κ3) is 4.07. The van der Waals surface area contributed by atoms with Gasteiger partial charge in [0.05, 0.1) is 23.3 Å². The van der Waals surface area contributed by atoms with Gasteiger partial charge in [-0.2, -0.15) is 0 Å². The number of nitrogens with one attached hydrogen (secondary N) is 1. The minimum Gasteiger partial charge on any atom is -0.465 e. The number of benzene rings is 2. The van der Waals surface area contributed by atoms with Crippen molar-refractivity contribution in [3.05, 3.63) is 59.4 Å². The predicted octanol–water partition coefficient (Wildman–Crippen LogP) is 2.63. The van der Waals surface area contributed by atoms with E-state index in [-0.39, 0.29) is 22.6 Å². The maximum absolute atomic E-state index is 13.9. The molecule has 0 atom stereocenters. The van der Waals surface area contributed by atoms with Crippen molar-refractivity contribution >= 4 is 21.5 Å². The summed E-state index contributed by atoms with van der Waals surface area (Å²) in [5, 5.41) is 2.89. The maximum Gasteiger partial charge on any atom is 0.337 e. The van der Waals surface area contributed by atoms with Gasteiger partial charge in [0.15, 0.2) is 9.84 Å². The van der Waals surface area contributed by atoms with E-state index < -0.39 is 21.6 Å². The Morgan fingerprint density at radius 1 is 1.22 bits per heavy atom. The molecular formula is C16H16FNO4S.